The Labute approximate surface area is 693 Å². The molecule has 604 valence electrons. The molecular weight excluding hydrogens is 1510 g/mol. The summed E-state index contributed by atoms with van der Waals surface area (Å²) >= 11 is 0. The first kappa shape index (κ1) is 77.3. The number of carbonyl (C=O) groups excluding carboxylic acids is 6. The molecule has 0 N–H and O–H groups in total. The van der Waals surface area contributed by atoms with Gasteiger partial charge in [0.15, 0.2) is 0 Å². The average Bonchev–Trinajstić information content (AvgIpc) is 0.931. The lowest BCUT2D eigenvalue weighted by molar-refractivity contribution is -0.150. The monoisotopic (exact) mass is 1600 g/mol. The zero-order valence-corrected chi connectivity index (χ0v) is 66.9. The van der Waals surface area contributed by atoms with E-state index in [9.17, 15) is 0 Å². The van der Waals surface area contributed by atoms with Crippen molar-refractivity contribution in [2.45, 2.75) is 77.0 Å². The summed E-state index contributed by atoms with van der Waals surface area (Å²) in [5.41, 5.74) is 7.36. The van der Waals surface area contributed by atoms with Gasteiger partial charge in [-0.2, -0.15) is 0 Å². The smallest absolute Gasteiger partial charge is 0.329 e. The Hall–Kier alpha value is -12.7. The lowest BCUT2D eigenvalue weighted by Crippen LogP contribution is -2.52. The van der Waals surface area contributed by atoms with E-state index in [1.54, 1.807) is 24.3 Å². The number of carbonyl (C=O) groups is 6. The van der Waals surface area contributed by atoms with Gasteiger partial charge in [0, 0.05) is 82.4 Å². The first-order valence-corrected chi connectivity index (χ1v) is 41.3. The van der Waals surface area contributed by atoms with Gasteiger partial charge in [0.1, 0.15) is 71.3 Å². The van der Waals surface area contributed by atoms with Gasteiger partial charge in [0.05, 0.1) is 73.1 Å². The standard InChI is InChI=1S/C100H88N4O16/c1-59(2)45-81(99(109)111-43-41-101(51-73-55-113-73)52-74-56-114-74)103-95(105)77-47-83(117-69-33-25-65(26-34-69)61-17-9-5-10-18-61)89-91-85(119-71-37-29-67(30-38-71)63-21-13-7-14-22-63)49-79-88-80(98(108)104(97(79)107)82(46-60(3)4)100(110)112-44-42-102(53-75-57-115-75)54-76-58-116-76)50-86(120-72-39-31-68(32-40-72)64-23-15-8-16-24-64)92(94(88)91)90-84(48-78(96(103)106)87(77)93(89)90)118-70-35-27-66(28-36-70)62-19-11-6-12-20-62/h5-40,47-50,59-60,73-76,81-82H,41-46,51-58H2,1-4H3. The van der Waals surface area contributed by atoms with Crippen LogP contribution in [0, 0.1) is 11.8 Å². The summed E-state index contributed by atoms with van der Waals surface area (Å²) in [5.74, 6) is -3.60. The maximum atomic E-state index is 16.7. The van der Waals surface area contributed by atoms with Crippen molar-refractivity contribution in [1.82, 2.24) is 19.6 Å². The molecule has 20 nitrogen and oxygen atoms in total. The average molecular weight is 1600 g/mol. The Kier molecular flexibility index (Phi) is 21.2. The molecule has 6 aliphatic heterocycles. The van der Waals surface area contributed by atoms with E-state index in [4.69, 9.17) is 47.4 Å². The second kappa shape index (κ2) is 32.9. The number of hydrogen-bond acceptors (Lipinski definition) is 18. The molecule has 120 heavy (non-hydrogen) atoms. The van der Waals surface area contributed by atoms with E-state index in [-0.39, 0.29) is 151 Å². The summed E-state index contributed by atoms with van der Waals surface area (Å²) in [7, 11) is 0. The maximum absolute atomic E-state index is 16.7. The first-order chi connectivity index (χ1) is 58.6. The summed E-state index contributed by atoms with van der Waals surface area (Å²) in [6.45, 7) is 13.3. The molecule has 20 heteroatoms. The van der Waals surface area contributed by atoms with Gasteiger partial charge in [0.25, 0.3) is 23.6 Å². The van der Waals surface area contributed by atoms with Crippen LogP contribution < -0.4 is 18.9 Å². The summed E-state index contributed by atoms with van der Waals surface area (Å²) in [4.78, 5) is 104. The van der Waals surface area contributed by atoms with Crippen LogP contribution in [0.15, 0.2) is 243 Å². The third-order valence-corrected chi connectivity index (χ3v) is 23.0. The number of nitrogens with zero attached hydrogens (tertiary/aromatic N) is 4. The summed E-state index contributed by atoms with van der Waals surface area (Å²) < 4.78 is 64.8. The van der Waals surface area contributed by atoms with Crippen LogP contribution in [0.2, 0.25) is 0 Å². The van der Waals surface area contributed by atoms with Gasteiger partial charge in [-0.3, -0.25) is 38.8 Å². The first-order valence-electron chi connectivity index (χ1n) is 41.3. The van der Waals surface area contributed by atoms with Crippen LogP contribution in [0.1, 0.15) is 82.0 Å². The number of benzene rings is 13. The van der Waals surface area contributed by atoms with E-state index in [0.717, 1.165) is 54.3 Å². The largest absolute Gasteiger partial charge is 0.463 e. The molecule has 4 fully saturated rings. The highest BCUT2D eigenvalue weighted by molar-refractivity contribution is 6.45. The highest BCUT2D eigenvalue weighted by atomic mass is 16.6. The van der Waals surface area contributed by atoms with E-state index in [1.807, 2.05) is 246 Å². The van der Waals surface area contributed by atoms with Crippen molar-refractivity contribution in [2.24, 2.45) is 11.8 Å². The number of ether oxygens (including phenoxy) is 10. The van der Waals surface area contributed by atoms with E-state index in [0.29, 0.717) is 88.7 Å². The fraction of sp³-hybridized carbons (Fsp3) is 0.260. The second-order valence-electron chi connectivity index (χ2n) is 32.6. The summed E-state index contributed by atoms with van der Waals surface area (Å²) in [6.07, 6.45) is 0.298. The summed E-state index contributed by atoms with van der Waals surface area (Å²) in [6, 6.07) is 73.3. The molecule has 4 saturated heterocycles. The molecule has 6 unspecified atom stereocenters. The van der Waals surface area contributed by atoms with Crippen molar-refractivity contribution < 1.29 is 76.1 Å². The molecule has 6 aliphatic rings. The number of esters is 2. The van der Waals surface area contributed by atoms with Gasteiger partial charge in [-0.25, -0.2) is 9.59 Å². The predicted molar refractivity (Wildman–Crippen MR) is 457 cm³/mol. The minimum atomic E-state index is -1.43. The molecule has 19 rings (SSSR count). The van der Waals surface area contributed by atoms with Crippen molar-refractivity contribution in [3.8, 4) is 90.5 Å². The number of amides is 4. The minimum absolute atomic E-state index is 0.00139. The normalized spacial score (nSPS) is 17.6. The van der Waals surface area contributed by atoms with Gasteiger partial charge in [-0.1, -0.05) is 198 Å². The molecule has 6 heterocycles. The van der Waals surface area contributed by atoms with Gasteiger partial charge in [-0.15, -0.1) is 0 Å². The zero-order valence-electron chi connectivity index (χ0n) is 66.9. The van der Waals surface area contributed by atoms with Crippen molar-refractivity contribution in [1.29, 1.82) is 0 Å². The Morgan fingerprint density at radius 3 is 0.767 bits per heavy atom. The Bertz CT molecular complexity index is 5360. The molecular formula is C100H88N4O16. The van der Waals surface area contributed by atoms with Gasteiger partial charge < -0.3 is 47.4 Å². The third kappa shape index (κ3) is 16.0. The number of rotatable bonds is 34. The maximum Gasteiger partial charge on any atom is 0.329 e. The van der Waals surface area contributed by atoms with Crippen LogP contribution in [-0.4, -0.2) is 171 Å². The lowest BCUT2D eigenvalue weighted by Gasteiger charge is -2.36. The quantitative estimate of drug-likeness (QED) is 0.0120. The van der Waals surface area contributed by atoms with Crippen LogP contribution in [0.5, 0.6) is 46.0 Å². The van der Waals surface area contributed by atoms with Gasteiger partial charge >= 0.3 is 11.9 Å². The van der Waals surface area contributed by atoms with Crippen molar-refractivity contribution >= 4 is 78.7 Å². The van der Waals surface area contributed by atoms with Crippen LogP contribution >= 0.6 is 0 Å². The van der Waals surface area contributed by atoms with Crippen molar-refractivity contribution in [3.63, 3.8) is 0 Å². The van der Waals surface area contributed by atoms with Gasteiger partial charge in [-0.05, 0) is 142 Å². The SMILES string of the molecule is CC(C)CC(C(=O)OCCN(CC1CO1)CC1CO1)N1C(=O)c2cc(Oc3ccc(-c4ccccc4)cc3)c3c4c(Oc5ccc(-c6ccccc6)cc5)cc5c6c(cc(Oc7ccc(-c8ccccc8)cc7)c(c7c(Oc8ccc(-c9ccccc9)cc8)cc(c2c37)C1=O)c64)C(=O)N(C(CC(C)C)C(=O)OCCN(CC1CO1)CC1CO1)C5=O. The van der Waals surface area contributed by atoms with Crippen LogP contribution in [0.25, 0.3) is 87.6 Å². The Balaban J connectivity index is 0.871. The molecule has 0 spiro atoms. The molecule has 0 bridgehead atoms. The highest BCUT2D eigenvalue weighted by Crippen LogP contribution is 2.59. The predicted octanol–water partition coefficient (Wildman–Crippen LogP) is 18.9. The fourth-order valence-electron chi connectivity index (χ4n) is 16.9. The number of epoxide rings is 4. The highest BCUT2D eigenvalue weighted by Gasteiger charge is 2.48. The second-order valence-corrected chi connectivity index (χ2v) is 32.6. The molecule has 0 radical (unpaired) electrons. The van der Waals surface area contributed by atoms with Crippen molar-refractivity contribution in [2.75, 3.05) is 78.9 Å². The van der Waals surface area contributed by atoms with Gasteiger partial charge in [0.2, 0.25) is 0 Å². The molecule has 4 amide bonds. The third-order valence-electron chi connectivity index (χ3n) is 23.0. The molecule has 13 aromatic rings. The Morgan fingerprint density at radius 2 is 0.550 bits per heavy atom. The van der Waals surface area contributed by atoms with Crippen LogP contribution in [-0.2, 0) is 38.0 Å². The van der Waals surface area contributed by atoms with Crippen LogP contribution in [0.4, 0.5) is 0 Å². The number of imide groups is 2. The number of fused-ring (bicyclic) bond motifs is 2. The number of hydrogen-bond donors (Lipinski definition) is 0. The van der Waals surface area contributed by atoms with E-state index in [1.165, 1.54) is 0 Å². The fourth-order valence-corrected chi connectivity index (χ4v) is 16.9. The molecule has 0 saturated carbocycles. The summed E-state index contributed by atoms with van der Waals surface area (Å²) in [5, 5.41) is 1.99. The lowest BCUT2D eigenvalue weighted by atomic mass is 9.80. The molecule has 13 aromatic carbocycles. The molecule has 0 aliphatic carbocycles. The van der Waals surface area contributed by atoms with E-state index >= 15 is 28.8 Å². The van der Waals surface area contributed by atoms with E-state index in [2.05, 4.69) is 9.80 Å². The van der Waals surface area contributed by atoms with Crippen LogP contribution in [0.3, 0.4) is 0 Å². The zero-order chi connectivity index (χ0) is 81.8. The van der Waals surface area contributed by atoms with E-state index < -0.39 is 47.7 Å². The minimum Gasteiger partial charge on any atom is -0.463 e. The Morgan fingerprint density at radius 1 is 0.325 bits per heavy atom. The topological polar surface area (TPSA) is 221 Å². The molecule has 6 atom stereocenters. The molecule has 0 aromatic heterocycles. The van der Waals surface area contributed by atoms with Crippen molar-refractivity contribution in [3.05, 3.63) is 265 Å².